The third kappa shape index (κ3) is 3.12. The number of ether oxygens (including phenoxy) is 1. The van der Waals surface area contributed by atoms with Crippen molar-refractivity contribution in [2.75, 3.05) is 12.5 Å². The molecule has 0 aliphatic heterocycles. The number of esters is 1. The molecule has 0 aromatic carbocycles. The first-order valence-electron chi connectivity index (χ1n) is 4.13. The van der Waals surface area contributed by atoms with E-state index in [2.05, 4.69) is 4.98 Å². The van der Waals surface area contributed by atoms with Crippen LogP contribution in [-0.2, 0) is 4.74 Å². The van der Waals surface area contributed by atoms with Crippen molar-refractivity contribution in [3.05, 3.63) is 22.2 Å². The second kappa shape index (κ2) is 5.78. The summed E-state index contributed by atoms with van der Waals surface area (Å²) in [6.07, 6.45) is 3.55. The quantitative estimate of drug-likeness (QED) is 0.591. The topological polar surface area (TPSA) is 39.2 Å². The zero-order valence-corrected chi connectivity index (χ0v) is 9.27. The number of aromatic nitrogens is 1. The molecular weight excluding hydrogens is 222 g/mol. The Labute approximate surface area is 91.4 Å². The van der Waals surface area contributed by atoms with E-state index in [-0.39, 0.29) is 5.97 Å². The van der Waals surface area contributed by atoms with Crippen LogP contribution in [0.5, 0.6) is 0 Å². The molecule has 0 aliphatic carbocycles. The maximum atomic E-state index is 11.2. The summed E-state index contributed by atoms with van der Waals surface area (Å²) in [4.78, 5) is 15.3. The van der Waals surface area contributed by atoms with Gasteiger partial charge in [0, 0.05) is 11.3 Å². The highest BCUT2D eigenvalue weighted by Gasteiger charge is 2.09. The highest BCUT2D eigenvalue weighted by molar-refractivity contribution is 7.10. The van der Waals surface area contributed by atoms with Gasteiger partial charge in [-0.05, 0) is 13.0 Å². The van der Waals surface area contributed by atoms with Crippen LogP contribution in [0.25, 0.3) is 6.08 Å². The third-order valence-electron chi connectivity index (χ3n) is 1.36. The number of carbonyl (C=O) groups excluding carboxylic acids is 1. The fourth-order valence-corrected chi connectivity index (χ4v) is 1.60. The molecule has 1 heterocycles. The van der Waals surface area contributed by atoms with Gasteiger partial charge in [-0.1, -0.05) is 6.08 Å². The van der Waals surface area contributed by atoms with Gasteiger partial charge in [-0.25, -0.2) is 9.78 Å². The van der Waals surface area contributed by atoms with Crippen LogP contribution in [0, 0.1) is 0 Å². The molecule has 1 rings (SSSR count). The molecule has 14 heavy (non-hydrogen) atoms. The lowest BCUT2D eigenvalue weighted by atomic mass is 10.5. The monoisotopic (exact) mass is 231 g/mol. The van der Waals surface area contributed by atoms with Gasteiger partial charge in [0.2, 0.25) is 0 Å². The molecule has 0 saturated carbocycles. The second-order valence-corrected chi connectivity index (χ2v) is 3.55. The SMILES string of the molecule is CCOC(=O)c1csc(C=CCCl)n1. The summed E-state index contributed by atoms with van der Waals surface area (Å²) in [5, 5.41) is 2.43. The Balaban J connectivity index is 2.67. The Hall–Kier alpha value is -0.870. The normalized spacial score (nSPS) is 10.7. The number of rotatable bonds is 4. The van der Waals surface area contributed by atoms with E-state index in [0.29, 0.717) is 18.2 Å². The minimum atomic E-state index is -0.380. The van der Waals surface area contributed by atoms with E-state index in [4.69, 9.17) is 16.3 Å². The molecule has 1 aromatic heterocycles. The summed E-state index contributed by atoms with van der Waals surface area (Å²) in [6, 6.07) is 0. The zero-order valence-electron chi connectivity index (χ0n) is 7.70. The van der Waals surface area contributed by atoms with Gasteiger partial charge in [0.15, 0.2) is 5.69 Å². The average Bonchev–Trinajstić information content (AvgIpc) is 2.63. The summed E-state index contributed by atoms with van der Waals surface area (Å²) < 4.78 is 4.80. The molecule has 0 unspecified atom stereocenters. The van der Waals surface area contributed by atoms with Crippen molar-refractivity contribution in [2.45, 2.75) is 6.92 Å². The number of nitrogens with zero attached hydrogens (tertiary/aromatic N) is 1. The molecule has 3 nitrogen and oxygen atoms in total. The van der Waals surface area contributed by atoms with Crippen LogP contribution in [0.15, 0.2) is 11.5 Å². The van der Waals surface area contributed by atoms with Crippen molar-refractivity contribution >= 4 is 35.0 Å². The number of carbonyl (C=O) groups is 1. The largest absolute Gasteiger partial charge is 0.461 e. The van der Waals surface area contributed by atoms with Gasteiger partial charge < -0.3 is 4.74 Å². The maximum Gasteiger partial charge on any atom is 0.357 e. The number of thiazole rings is 1. The first kappa shape index (κ1) is 11.2. The molecule has 0 bridgehead atoms. The summed E-state index contributed by atoms with van der Waals surface area (Å²) in [6.45, 7) is 2.13. The van der Waals surface area contributed by atoms with E-state index in [1.165, 1.54) is 11.3 Å². The molecule has 0 spiro atoms. The van der Waals surface area contributed by atoms with Gasteiger partial charge >= 0.3 is 5.97 Å². The van der Waals surface area contributed by atoms with E-state index in [1.807, 2.05) is 0 Å². The Morgan fingerprint density at radius 1 is 1.79 bits per heavy atom. The standard InChI is InChI=1S/C9H10ClNO2S/c1-2-13-9(12)7-6-14-8(11-7)4-3-5-10/h3-4,6H,2,5H2,1H3. The number of alkyl halides is 1. The lowest BCUT2D eigenvalue weighted by Gasteiger charge is -1.95. The zero-order chi connectivity index (χ0) is 10.4. The Morgan fingerprint density at radius 3 is 3.21 bits per heavy atom. The van der Waals surface area contributed by atoms with Gasteiger partial charge in [-0.2, -0.15) is 0 Å². The number of hydrogen-bond donors (Lipinski definition) is 0. The first-order valence-corrected chi connectivity index (χ1v) is 5.54. The van der Waals surface area contributed by atoms with E-state index < -0.39 is 0 Å². The van der Waals surface area contributed by atoms with Crippen LogP contribution in [0.1, 0.15) is 22.4 Å². The minimum absolute atomic E-state index is 0.353. The second-order valence-electron chi connectivity index (χ2n) is 2.35. The van der Waals surface area contributed by atoms with Gasteiger partial charge in [-0.3, -0.25) is 0 Å². The molecule has 0 N–H and O–H groups in total. The highest BCUT2D eigenvalue weighted by atomic mass is 35.5. The molecule has 76 valence electrons. The van der Waals surface area contributed by atoms with E-state index >= 15 is 0 Å². The molecule has 0 radical (unpaired) electrons. The summed E-state index contributed by atoms with van der Waals surface area (Å²) >= 11 is 6.86. The van der Waals surface area contributed by atoms with Crippen molar-refractivity contribution in [1.29, 1.82) is 0 Å². The number of allylic oxidation sites excluding steroid dienone is 1. The fraction of sp³-hybridized carbons (Fsp3) is 0.333. The Morgan fingerprint density at radius 2 is 2.57 bits per heavy atom. The summed E-state index contributed by atoms with van der Waals surface area (Å²) in [7, 11) is 0. The molecule has 0 saturated heterocycles. The van der Waals surface area contributed by atoms with E-state index in [1.54, 1.807) is 24.5 Å². The first-order chi connectivity index (χ1) is 6.77. The highest BCUT2D eigenvalue weighted by Crippen LogP contribution is 2.12. The van der Waals surface area contributed by atoms with Gasteiger partial charge in [0.25, 0.3) is 0 Å². The molecule has 5 heteroatoms. The lowest BCUT2D eigenvalue weighted by molar-refractivity contribution is 0.0520. The summed E-state index contributed by atoms with van der Waals surface area (Å²) in [5.74, 6) is 0.0585. The van der Waals surface area contributed by atoms with E-state index in [0.717, 1.165) is 5.01 Å². The number of hydrogen-bond acceptors (Lipinski definition) is 4. The number of halogens is 1. The average molecular weight is 232 g/mol. The third-order valence-corrected chi connectivity index (χ3v) is 2.34. The van der Waals surface area contributed by atoms with Crippen LogP contribution in [0.4, 0.5) is 0 Å². The molecule has 1 aromatic rings. The lowest BCUT2D eigenvalue weighted by Crippen LogP contribution is -2.04. The van der Waals surface area contributed by atoms with E-state index in [9.17, 15) is 4.79 Å². The van der Waals surface area contributed by atoms with Crippen molar-refractivity contribution in [3.8, 4) is 0 Å². The van der Waals surface area contributed by atoms with Crippen molar-refractivity contribution in [2.24, 2.45) is 0 Å². The molecule has 0 fully saturated rings. The minimum Gasteiger partial charge on any atom is -0.461 e. The van der Waals surface area contributed by atoms with Gasteiger partial charge in [-0.15, -0.1) is 22.9 Å². The molecule has 0 amide bonds. The van der Waals surface area contributed by atoms with Crippen LogP contribution in [0.2, 0.25) is 0 Å². The predicted molar refractivity (Wildman–Crippen MR) is 57.8 cm³/mol. The van der Waals surface area contributed by atoms with Crippen LogP contribution in [0.3, 0.4) is 0 Å². The van der Waals surface area contributed by atoms with Crippen LogP contribution < -0.4 is 0 Å². The molecule has 0 aliphatic rings. The summed E-state index contributed by atoms with van der Waals surface area (Å²) in [5.41, 5.74) is 0.353. The molecule has 0 atom stereocenters. The molecular formula is C9H10ClNO2S. The van der Waals surface area contributed by atoms with Crippen molar-refractivity contribution in [3.63, 3.8) is 0 Å². The Kier molecular flexibility index (Phi) is 4.62. The van der Waals surface area contributed by atoms with Gasteiger partial charge in [0.05, 0.1) is 6.61 Å². The van der Waals surface area contributed by atoms with Crippen molar-refractivity contribution in [1.82, 2.24) is 4.98 Å². The van der Waals surface area contributed by atoms with Gasteiger partial charge in [0.1, 0.15) is 5.01 Å². The van der Waals surface area contributed by atoms with Crippen LogP contribution >= 0.6 is 22.9 Å². The Bertz CT molecular complexity index is 335. The smallest absolute Gasteiger partial charge is 0.357 e. The van der Waals surface area contributed by atoms with Crippen LogP contribution in [-0.4, -0.2) is 23.4 Å². The van der Waals surface area contributed by atoms with Crippen molar-refractivity contribution < 1.29 is 9.53 Å². The predicted octanol–water partition coefficient (Wildman–Crippen LogP) is 2.57. The fourth-order valence-electron chi connectivity index (χ4n) is 0.808. The maximum absolute atomic E-state index is 11.2.